The van der Waals surface area contributed by atoms with Crippen LogP contribution < -0.4 is 10.8 Å². The fraction of sp³-hybridized carbons (Fsp3) is 0.0435. The summed E-state index contributed by atoms with van der Waals surface area (Å²) in [6, 6.07) is 24.6. The van der Waals surface area contributed by atoms with E-state index in [0.717, 1.165) is 44.4 Å². The van der Waals surface area contributed by atoms with Gasteiger partial charge in [0.25, 0.3) is 5.44 Å². The van der Waals surface area contributed by atoms with Gasteiger partial charge in [-0.3, -0.25) is 4.57 Å². The molecule has 0 saturated carbocycles. The molecule has 140 valence electrons. The smallest absolute Gasteiger partial charge is 0.264 e. The summed E-state index contributed by atoms with van der Waals surface area (Å²) in [6.07, 6.45) is 6.02. The molecule has 2 heterocycles. The van der Waals surface area contributed by atoms with Gasteiger partial charge in [0, 0.05) is 16.8 Å². The minimum absolute atomic E-state index is 0.574. The average molecular weight is 396 g/mol. The van der Waals surface area contributed by atoms with Gasteiger partial charge in [0.15, 0.2) is 5.82 Å². The highest BCUT2D eigenvalue weighted by molar-refractivity contribution is 7.63. The second-order valence-electron chi connectivity index (χ2n) is 6.89. The Bertz CT molecular complexity index is 1360. The Balaban J connectivity index is 1.55. The first-order valence-corrected chi connectivity index (χ1v) is 11.3. The van der Waals surface area contributed by atoms with Crippen molar-refractivity contribution < 1.29 is 0 Å². The van der Waals surface area contributed by atoms with Gasteiger partial charge in [-0.25, -0.2) is 4.98 Å². The van der Waals surface area contributed by atoms with Crippen LogP contribution in [0.25, 0.3) is 27.5 Å². The molecule has 0 radical (unpaired) electrons. The molecule has 5 nitrogen and oxygen atoms in total. The molecule has 3 aromatic carbocycles. The van der Waals surface area contributed by atoms with Gasteiger partial charge in [-0.1, -0.05) is 36.4 Å². The second kappa shape index (κ2) is 7.12. The normalized spacial score (nSPS) is 11.7. The zero-order valence-electron chi connectivity index (χ0n) is 15.9. The van der Waals surface area contributed by atoms with Crippen LogP contribution in [0.1, 0.15) is 0 Å². The summed E-state index contributed by atoms with van der Waals surface area (Å²) in [4.78, 5) is 4.58. The van der Waals surface area contributed by atoms with Crippen LogP contribution in [-0.4, -0.2) is 32.7 Å². The molecular weight excluding hydrogens is 377 g/mol. The van der Waals surface area contributed by atoms with Crippen molar-refractivity contribution in [2.75, 3.05) is 12.0 Å². The molecule has 0 bridgehead atoms. The number of aromatic nitrogens is 4. The predicted molar refractivity (Wildman–Crippen MR) is 123 cm³/mol. The van der Waals surface area contributed by atoms with Gasteiger partial charge < -0.3 is 5.32 Å². The van der Waals surface area contributed by atoms with Crippen molar-refractivity contribution >= 4 is 52.6 Å². The Labute approximate surface area is 169 Å². The number of nitrogens with one attached hydrogen (secondary N) is 1. The number of benzene rings is 3. The van der Waals surface area contributed by atoms with Crippen LogP contribution in [-0.2, 0) is 0 Å². The maximum absolute atomic E-state index is 4.58. The van der Waals surface area contributed by atoms with E-state index in [0.29, 0.717) is 0 Å². The summed E-state index contributed by atoms with van der Waals surface area (Å²) >= 11 is 0. The van der Waals surface area contributed by atoms with Crippen molar-refractivity contribution in [3.63, 3.8) is 0 Å². The lowest BCUT2D eigenvalue weighted by Crippen LogP contribution is -2.09. The molecule has 0 saturated heterocycles. The summed E-state index contributed by atoms with van der Waals surface area (Å²) in [5.74, 6) is 0.739. The van der Waals surface area contributed by atoms with Gasteiger partial charge >= 0.3 is 0 Å². The molecule has 1 atom stereocenters. The SMILES string of the molecule is C=[P+](C)c1nnc(Nc2ccc3c(c2)ncn3-c2ccccc2)c2ccccc12. The lowest BCUT2D eigenvalue weighted by Gasteiger charge is -2.09. The number of nitrogens with zero attached hydrogens (tertiary/aromatic N) is 4. The standard InChI is InChI=1S/C23H19N5P/c1-29(2)23-19-11-7-6-10-18(19)22(26-27-23)25-16-12-13-21-20(14-16)24-15-28(21)17-8-4-3-5-9-17/h3-15H,1H2,2H3,(H,25,26)/q+1. The van der Waals surface area contributed by atoms with Crippen molar-refractivity contribution in [3.05, 3.63) is 79.1 Å². The number of rotatable bonds is 4. The third-order valence-electron chi connectivity index (χ3n) is 4.87. The largest absolute Gasteiger partial charge is 0.338 e. The highest BCUT2D eigenvalue weighted by Crippen LogP contribution is 2.28. The maximum Gasteiger partial charge on any atom is 0.264 e. The quantitative estimate of drug-likeness (QED) is 0.440. The summed E-state index contributed by atoms with van der Waals surface area (Å²) in [5, 5.41) is 14.5. The molecule has 5 aromatic rings. The Kier molecular flexibility index (Phi) is 4.30. The summed E-state index contributed by atoms with van der Waals surface area (Å²) in [5.41, 5.74) is 4.96. The third kappa shape index (κ3) is 3.16. The van der Waals surface area contributed by atoms with Crippen molar-refractivity contribution in [3.8, 4) is 5.69 Å². The number of fused-ring (bicyclic) bond motifs is 2. The van der Waals surface area contributed by atoms with E-state index in [-0.39, 0.29) is 0 Å². The van der Waals surface area contributed by atoms with E-state index in [2.05, 4.69) is 68.4 Å². The molecule has 0 amide bonds. The molecule has 0 aliphatic carbocycles. The fourth-order valence-electron chi connectivity index (χ4n) is 3.49. The number of imidazole rings is 1. The van der Waals surface area contributed by atoms with E-state index in [1.54, 1.807) is 0 Å². The molecule has 29 heavy (non-hydrogen) atoms. The highest BCUT2D eigenvalue weighted by atomic mass is 31.1. The average Bonchev–Trinajstić information content (AvgIpc) is 3.17. The summed E-state index contributed by atoms with van der Waals surface area (Å²) < 4.78 is 2.08. The van der Waals surface area contributed by atoms with E-state index in [1.165, 1.54) is 0 Å². The Morgan fingerprint density at radius 1 is 0.897 bits per heavy atom. The lowest BCUT2D eigenvalue weighted by molar-refractivity contribution is 1.08. The summed E-state index contributed by atoms with van der Waals surface area (Å²) in [7, 11) is -0.574. The Morgan fingerprint density at radius 2 is 1.66 bits per heavy atom. The van der Waals surface area contributed by atoms with Crippen molar-refractivity contribution in [1.29, 1.82) is 0 Å². The van der Waals surface area contributed by atoms with E-state index in [4.69, 9.17) is 0 Å². The Morgan fingerprint density at radius 3 is 2.45 bits per heavy atom. The van der Waals surface area contributed by atoms with Gasteiger partial charge in [-0.05, 0) is 36.4 Å². The van der Waals surface area contributed by atoms with Crippen LogP contribution in [0.3, 0.4) is 0 Å². The first-order valence-electron chi connectivity index (χ1n) is 9.30. The van der Waals surface area contributed by atoms with E-state index in [1.807, 2.05) is 48.8 Å². The van der Waals surface area contributed by atoms with Crippen molar-refractivity contribution in [2.45, 2.75) is 0 Å². The molecule has 2 aromatic heterocycles. The molecule has 1 N–H and O–H groups in total. The van der Waals surface area contributed by atoms with Crippen LogP contribution in [0.5, 0.6) is 0 Å². The van der Waals surface area contributed by atoms with Crippen molar-refractivity contribution in [2.24, 2.45) is 0 Å². The zero-order valence-corrected chi connectivity index (χ0v) is 16.8. The molecule has 5 rings (SSSR count). The van der Waals surface area contributed by atoms with E-state index in [9.17, 15) is 0 Å². The molecule has 0 aliphatic heterocycles. The van der Waals surface area contributed by atoms with Crippen molar-refractivity contribution in [1.82, 2.24) is 19.7 Å². The van der Waals surface area contributed by atoms with Crippen LogP contribution >= 0.6 is 7.55 Å². The van der Waals surface area contributed by atoms with Crippen LogP contribution in [0, 0.1) is 0 Å². The third-order valence-corrected chi connectivity index (χ3v) is 5.93. The molecule has 6 heteroatoms. The number of anilines is 2. The predicted octanol–water partition coefficient (Wildman–Crippen LogP) is 4.88. The maximum atomic E-state index is 4.58. The number of hydrogen-bond acceptors (Lipinski definition) is 4. The van der Waals surface area contributed by atoms with Gasteiger partial charge in [-0.15, -0.1) is 10.2 Å². The fourth-order valence-corrected chi connectivity index (χ4v) is 4.29. The first-order chi connectivity index (χ1) is 14.2. The minimum Gasteiger partial charge on any atom is -0.338 e. The Hall–Kier alpha value is -3.56. The molecule has 0 fully saturated rings. The number of hydrogen-bond donors (Lipinski definition) is 1. The first kappa shape index (κ1) is 17.5. The summed E-state index contributed by atoms with van der Waals surface area (Å²) in [6.45, 7) is 2.09. The molecule has 0 spiro atoms. The van der Waals surface area contributed by atoms with Crippen LogP contribution in [0.2, 0.25) is 0 Å². The van der Waals surface area contributed by atoms with Crippen LogP contribution in [0.4, 0.5) is 11.5 Å². The topological polar surface area (TPSA) is 55.6 Å². The number of para-hydroxylation sites is 1. The van der Waals surface area contributed by atoms with E-state index >= 15 is 0 Å². The molecule has 1 unspecified atom stereocenters. The highest BCUT2D eigenvalue weighted by Gasteiger charge is 2.16. The van der Waals surface area contributed by atoms with E-state index < -0.39 is 7.55 Å². The van der Waals surface area contributed by atoms with Gasteiger partial charge in [0.2, 0.25) is 0 Å². The minimum atomic E-state index is -0.574. The van der Waals surface area contributed by atoms with Crippen LogP contribution in [0.15, 0.2) is 79.1 Å². The van der Waals surface area contributed by atoms with Gasteiger partial charge in [0.05, 0.1) is 22.7 Å². The zero-order chi connectivity index (χ0) is 19.8. The van der Waals surface area contributed by atoms with Gasteiger partial charge in [0.1, 0.15) is 20.5 Å². The molecular formula is C23H19N5P+. The lowest BCUT2D eigenvalue weighted by atomic mass is 10.2. The molecule has 0 aliphatic rings. The monoisotopic (exact) mass is 396 g/mol. The second-order valence-corrected chi connectivity index (χ2v) is 8.71. The van der Waals surface area contributed by atoms with Gasteiger partial charge in [-0.2, -0.15) is 0 Å².